The molecule has 2 nitrogen and oxygen atoms in total. The van der Waals surface area contributed by atoms with Gasteiger partial charge in [-0.15, -0.1) is 0 Å². The smallest absolute Gasteiger partial charge is 0.197 e. The fourth-order valence-electron chi connectivity index (χ4n) is 1.89. The SMILES string of the molecule is S=C1NC(c2ccccc2)Oc2ccccc21. The van der Waals surface area contributed by atoms with Crippen molar-refractivity contribution in [2.24, 2.45) is 0 Å². The van der Waals surface area contributed by atoms with Crippen molar-refractivity contribution < 1.29 is 4.74 Å². The fourth-order valence-corrected chi connectivity index (χ4v) is 2.17. The van der Waals surface area contributed by atoms with Crippen molar-refractivity contribution in [2.75, 3.05) is 0 Å². The molecule has 0 fully saturated rings. The molecule has 17 heavy (non-hydrogen) atoms. The van der Waals surface area contributed by atoms with E-state index in [1.165, 1.54) is 0 Å². The molecule has 1 N–H and O–H groups in total. The van der Waals surface area contributed by atoms with E-state index in [-0.39, 0.29) is 6.23 Å². The Morgan fingerprint density at radius 1 is 0.941 bits per heavy atom. The molecule has 2 aromatic rings. The maximum atomic E-state index is 5.89. The first kappa shape index (κ1) is 10.3. The first-order valence-electron chi connectivity index (χ1n) is 5.46. The van der Waals surface area contributed by atoms with Crippen LogP contribution >= 0.6 is 12.2 Å². The average molecular weight is 241 g/mol. The summed E-state index contributed by atoms with van der Waals surface area (Å²) >= 11 is 5.35. The highest BCUT2D eigenvalue weighted by Crippen LogP contribution is 2.28. The fraction of sp³-hybridized carbons (Fsp3) is 0.0714. The summed E-state index contributed by atoms with van der Waals surface area (Å²) in [5.41, 5.74) is 2.03. The highest BCUT2D eigenvalue weighted by Gasteiger charge is 2.23. The van der Waals surface area contributed by atoms with Gasteiger partial charge in [0.25, 0.3) is 0 Å². The highest BCUT2D eigenvalue weighted by atomic mass is 32.1. The molecule has 0 spiro atoms. The van der Waals surface area contributed by atoms with Gasteiger partial charge < -0.3 is 10.1 Å². The van der Waals surface area contributed by atoms with Gasteiger partial charge in [-0.3, -0.25) is 0 Å². The number of ether oxygens (including phenoxy) is 1. The van der Waals surface area contributed by atoms with Crippen LogP contribution in [-0.4, -0.2) is 4.99 Å². The number of benzene rings is 2. The standard InChI is InChI=1S/C14H11NOS/c17-14-11-8-4-5-9-12(11)16-13(15-14)10-6-2-1-3-7-10/h1-9,13H,(H,15,17). The van der Waals surface area contributed by atoms with Crippen molar-refractivity contribution in [1.82, 2.24) is 5.32 Å². The normalized spacial score (nSPS) is 17.9. The highest BCUT2D eigenvalue weighted by molar-refractivity contribution is 7.80. The molecular weight excluding hydrogens is 230 g/mol. The molecule has 1 atom stereocenters. The minimum atomic E-state index is -0.196. The average Bonchev–Trinajstić information content (AvgIpc) is 2.40. The van der Waals surface area contributed by atoms with Gasteiger partial charge in [0.15, 0.2) is 6.23 Å². The second kappa shape index (κ2) is 4.18. The molecule has 0 amide bonds. The molecule has 0 aromatic heterocycles. The van der Waals surface area contributed by atoms with Gasteiger partial charge in [0.2, 0.25) is 0 Å². The Labute approximate surface area is 105 Å². The van der Waals surface area contributed by atoms with Crippen LogP contribution in [0.1, 0.15) is 17.4 Å². The summed E-state index contributed by atoms with van der Waals surface area (Å²) in [6.45, 7) is 0. The van der Waals surface area contributed by atoms with Gasteiger partial charge in [0, 0.05) is 5.56 Å². The number of rotatable bonds is 1. The van der Waals surface area contributed by atoms with Crippen LogP contribution in [0.4, 0.5) is 0 Å². The second-order valence-electron chi connectivity index (χ2n) is 3.88. The van der Waals surface area contributed by atoms with Crippen molar-refractivity contribution in [3.8, 4) is 5.75 Å². The summed E-state index contributed by atoms with van der Waals surface area (Å²) in [6, 6.07) is 17.8. The Hall–Kier alpha value is -1.87. The third kappa shape index (κ3) is 1.89. The van der Waals surface area contributed by atoms with E-state index < -0.39 is 0 Å². The monoisotopic (exact) mass is 241 g/mol. The first-order valence-corrected chi connectivity index (χ1v) is 5.87. The lowest BCUT2D eigenvalue weighted by molar-refractivity contribution is 0.183. The van der Waals surface area contributed by atoms with Gasteiger partial charge in [-0.1, -0.05) is 54.7 Å². The maximum Gasteiger partial charge on any atom is 0.197 e. The summed E-state index contributed by atoms with van der Waals surface area (Å²) in [7, 11) is 0. The quantitative estimate of drug-likeness (QED) is 0.775. The molecule has 3 rings (SSSR count). The maximum absolute atomic E-state index is 5.89. The molecule has 0 aliphatic carbocycles. The lowest BCUT2D eigenvalue weighted by Gasteiger charge is -2.28. The number of nitrogens with one attached hydrogen (secondary N) is 1. The van der Waals surface area contributed by atoms with E-state index in [0.717, 1.165) is 21.9 Å². The topological polar surface area (TPSA) is 21.3 Å². The molecule has 1 aliphatic rings. The largest absolute Gasteiger partial charge is 0.466 e. The van der Waals surface area contributed by atoms with Crippen LogP contribution in [-0.2, 0) is 0 Å². The molecule has 0 saturated carbocycles. The van der Waals surface area contributed by atoms with E-state index in [1.54, 1.807) is 0 Å². The molecule has 0 bridgehead atoms. The Balaban J connectivity index is 1.97. The zero-order chi connectivity index (χ0) is 11.7. The lowest BCUT2D eigenvalue weighted by Crippen LogP contribution is -2.36. The summed E-state index contributed by atoms with van der Waals surface area (Å²) in [6.07, 6.45) is -0.196. The Morgan fingerprint density at radius 3 is 2.47 bits per heavy atom. The third-order valence-corrected chi connectivity index (χ3v) is 3.08. The molecule has 0 saturated heterocycles. The van der Waals surface area contributed by atoms with E-state index in [9.17, 15) is 0 Å². The van der Waals surface area contributed by atoms with Crippen LogP contribution in [0.5, 0.6) is 5.75 Å². The van der Waals surface area contributed by atoms with E-state index in [0.29, 0.717) is 0 Å². The van der Waals surface area contributed by atoms with Crippen molar-refractivity contribution in [1.29, 1.82) is 0 Å². The van der Waals surface area contributed by atoms with Crippen molar-refractivity contribution in [3.05, 3.63) is 65.7 Å². The second-order valence-corrected chi connectivity index (χ2v) is 4.29. The predicted molar refractivity (Wildman–Crippen MR) is 71.1 cm³/mol. The van der Waals surface area contributed by atoms with Crippen LogP contribution in [0.15, 0.2) is 54.6 Å². The van der Waals surface area contributed by atoms with Gasteiger partial charge in [-0.2, -0.15) is 0 Å². The zero-order valence-electron chi connectivity index (χ0n) is 9.09. The summed E-state index contributed by atoms with van der Waals surface area (Å²) in [5, 5.41) is 3.20. The minimum Gasteiger partial charge on any atom is -0.466 e. The molecule has 1 aliphatic heterocycles. The Morgan fingerprint density at radius 2 is 1.65 bits per heavy atom. The number of fused-ring (bicyclic) bond motifs is 1. The predicted octanol–water partition coefficient (Wildman–Crippen LogP) is 3.04. The first-order chi connectivity index (χ1) is 8.34. The minimum absolute atomic E-state index is 0.196. The molecular formula is C14H11NOS. The van der Waals surface area contributed by atoms with E-state index in [4.69, 9.17) is 17.0 Å². The van der Waals surface area contributed by atoms with Gasteiger partial charge in [-0.25, -0.2) is 0 Å². The molecule has 1 heterocycles. The lowest BCUT2D eigenvalue weighted by atomic mass is 10.1. The Kier molecular flexibility index (Phi) is 2.53. The van der Waals surface area contributed by atoms with Crippen LogP contribution in [0.2, 0.25) is 0 Å². The van der Waals surface area contributed by atoms with Gasteiger partial charge >= 0.3 is 0 Å². The number of hydrogen-bond donors (Lipinski definition) is 1. The van der Waals surface area contributed by atoms with Crippen LogP contribution in [0.3, 0.4) is 0 Å². The molecule has 1 unspecified atom stereocenters. The van der Waals surface area contributed by atoms with E-state index in [1.807, 2.05) is 54.6 Å². The molecule has 84 valence electrons. The Bertz CT molecular complexity index is 553. The van der Waals surface area contributed by atoms with Gasteiger partial charge in [-0.05, 0) is 12.1 Å². The van der Waals surface area contributed by atoms with Gasteiger partial charge in [0.05, 0.1) is 5.56 Å². The van der Waals surface area contributed by atoms with E-state index >= 15 is 0 Å². The van der Waals surface area contributed by atoms with Gasteiger partial charge in [0.1, 0.15) is 10.7 Å². The molecule has 2 aromatic carbocycles. The van der Waals surface area contributed by atoms with Crippen LogP contribution in [0, 0.1) is 0 Å². The van der Waals surface area contributed by atoms with Crippen molar-refractivity contribution in [3.63, 3.8) is 0 Å². The van der Waals surface area contributed by atoms with Crippen LogP contribution in [0.25, 0.3) is 0 Å². The summed E-state index contributed by atoms with van der Waals surface area (Å²) in [5.74, 6) is 0.838. The summed E-state index contributed by atoms with van der Waals surface area (Å²) < 4.78 is 5.89. The van der Waals surface area contributed by atoms with E-state index in [2.05, 4.69) is 5.32 Å². The number of thiocarbonyl (C=S) groups is 1. The number of para-hydroxylation sites is 1. The van der Waals surface area contributed by atoms with Crippen molar-refractivity contribution >= 4 is 17.2 Å². The van der Waals surface area contributed by atoms with Crippen molar-refractivity contribution in [2.45, 2.75) is 6.23 Å². The molecule has 3 heteroatoms. The zero-order valence-corrected chi connectivity index (χ0v) is 9.91. The molecule has 0 radical (unpaired) electrons. The third-order valence-electron chi connectivity index (χ3n) is 2.74. The summed E-state index contributed by atoms with van der Waals surface area (Å²) in [4.78, 5) is 0.737. The van der Waals surface area contributed by atoms with Crippen LogP contribution < -0.4 is 10.1 Å². The number of hydrogen-bond acceptors (Lipinski definition) is 2.